The van der Waals surface area contributed by atoms with Gasteiger partial charge >= 0.3 is 0 Å². The van der Waals surface area contributed by atoms with Crippen molar-refractivity contribution in [1.29, 1.82) is 0 Å². The van der Waals surface area contributed by atoms with E-state index in [1.807, 2.05) is 0 Å². The summed E-state index contributed by atoms with van der Waals surface area (Å²) in [5.74, 6) is 0. The Morgan fingerprint density at radius 3 is 2.58 bits per heavy atom. The number of hydrogen-bond donors (Lipinski definition) is 1. The number of nitrogens with zero attached hydrogens (tertiary/aromatic N) is 2. The predicted octanol–water partition coefficient (Wildman–Crippen LogP) is 2.45. The molecular weight excluding hydrogens is 234 g/mol. The van der Waals surface area contributed by atoms with Crippen LogP contribution in [0.4, 0.5) is 0 Å². The average Bonchev–Trinajstić information content (AvgIpc) is 2.63. The van der Waals surface area contributed by atoms with Crippen LogP contribution in [0.2, 0.25) is 0 Å². The van der Waals surface area contributed by atoms with Gasteiger partial charge in [-0.1, -0.05) is 26.2 Å². The van der Waals surface area contributed by atoms with Gasteiger partial charge in [-0.25, -0.2) is 0 Å². The normalized spacial score (nSPS) is 32.2. The second kappa shape index (κ2) is 6.55. The molecule has 3 atom stereocenters. The van der Waals surface area contributed by atoms with Crippen molar-refractivity contribution >= 4 is 0 Å². The summed E-state index contributed by atoms with van der Waals surface area (Å²) < 4.78 is 0. The highest BCUT2D eigenvalue weighted by Gasteiger charge is 2.39. The van der Waals surface area contributed by atoms with E-state index in [1.54, 1.807) is 0 Å². The summed E-state index contributed by atoms with van der Waals surface area (Å²) in [5, 5.41) is 0. The lowest BCUT2D eigenvalue weighted by molar-refractivity contribution is 0.0870. The van der Waals surface area contributed by atoms with Crippen LogP contribution < -0.4 is 5.73 Å². The van der Waals surface area contributed by atoms with E-state index in [4.69, 9.17) is 5.73 Å². The first-order chi connectivity index (χ1) is 9.10. The first-order valence-electron chi connectivity index (χ1n) is 8.28. The Morgan fingerprint density at radius 2 is 1.89 bits per heavy atom. The highest BCUT2D eigenvalue weighted by atomic mass is 15.3. The smallest absolute Gasteiger partial charge is 0.0304 e. The van der Waals surface area contributed by atoms with Crippen molar-refractivity contribution in [2.24, 2.45) is 5.73 Å². The zero-order valence-electron chi connectivity index (χ0n) is 13.2. The van der Waals surface area contributed by atoms with Crippen LogP contribution in [0, 0.1) is 0 Å². The standard InChI is InChI=1S/C16H33N3/c1-4-5-6-10-16(2,13-17)19-11-9-14-7-8-15(12-19)18(14)3/h14-15H,4-13,17H2,1-3H3. The fourth-order valence-corrected chi connectivity index (χ4v) is 3.94. The van der Waals surface area contributed by atoms with E-state index in [-0.39, 0.29) is 5.54 Å². The second-order valence-corrected chi connectivity index (χ2v) is 6.94. The van der Waals surface area contributed by atoms with Gasteiger partial charge in [0.05, 0.1) is 0 Å². The Labute approximate surface area is 119 Å². The van der Waals surface area contributed by atoms with Crippen molar-refractivity contribution in [2.75, 3.05) is 26.7 Å². The van der Waals surface area contributed by atoms with E-state index in [0.717, 1.165) is 18.6 Å². The van der Waals surface area contributed by atoms with E-state index in [1.165, 1.54) is 58.0 Å². The topological polar surface area (TPSA) is 32.5 Å². The van der Waals surface area contributed by atoms with Crippen molar-refractivity contribution in [1.82, 2.24) is 9.80 Å². The SMILES string of the molecule is CCCCCC(C)(CN)N1CCC2CCC(C1)N2C. The highest BCUT2D eigenvalue weighted by molar-refractivity contribution is 4.97. The van der Waals surface area contributed by atoms with Crippen LogP contribution in [-0.2, 0) is 0 Å². The first kappa shape index (κ1) is 15.3. The third-order valence-electron chi connectivity index (χ3n) is 5.67. The van der Waals surface area contributed by atoms with Crippen LogP contribution in [0.25, 0.3) is 0 Å². The lowest BCUT2D eigenvalue weighted by Gasteiger charge is -2.42. The summed E-state index contributed by atoms with van der Waals surface area (Å²) in [6.45, 7) is 7.94. The summed E-state index contributed by atoms with van der Waals surface area (Å²) in [6.07, 6.45) is 9.35. The second-order valence-electron chi connectivity index (χ2n) is 6.94. The third-order valence-corrected chi connectivity index (χ3v) is 5.67. The molecular formula is C16H33N3. The molecule has 0 aromatic heterocycles. The molecule has 3 nitrogen and oxygen atoms in total. The van der Waals surface area contributed by atoms with Crippen LogP contribution in [0.15, 0.2) is 0 Å². The van der Waals surface area contributed by atoms with Crippen LogP contribution in [0.1, 0.15) is 58.8 Å². The van der Waals surface area contributed by atoms with E-state index in [2.05, 4.69) is 30.7 Å². The maximum atomic E-state index is 6.15. The molecule has 0 aromatic rings. The molecule has 2 aliphatic heterocycles. The zero-order chi connectivity index (χ0) is 13.9. The zero-order valence-corrected chi connectivity index (χ0v) is 13.2. The molecule has 0 amide bonds. The van der Waals surface area contributed by atoms with E-state index in [0.29, 0.717) is 0 Å². The molecule has 2 heterocycles. The lowest BCUT2D eigenvalue weighted by Crippen LogP contribution is -2.54. The molecule has 0 radical (unpaired) electrons. The molecule has 0 aromatic carbocycles. The van der Waals surface area contributed by atoms with Gasteiger partial charge < -0.3 is 5.73 Å². The summed E-state index contributed by atoms with van der Waals surface area (Å²) >= 11 is 0. The van der Waals surface area contributed by atoms with Gasteiger partial charge in [-0.2, -0.15) is 0 Å². The molecule has 19 heavy (non-hydrogen) atoms. The molecule has 0 spiro atoms. The van der Waals surface area contributed by atoms with Crippen molar-refractivity contribution in [3.63, 3.8) is 0 Å². The molecule has 2 bridgehead atoms. The largest absolute Gasteiger partial charge is 0.329 e. The van der Waals surface area contributed by atoms with Crippen molar-refractivity contribution in [3.05, 3.63) is 0 Å². The minimum atomic E-state index is 0.223. The molecule has 0 saturated carbocycles. The molecule has 2 N–H and O–H groups in total. The Morgan fingerprint density at radius 1 is 1.16 bits per heavy atom. The minimum absolute atomic E-state index is 0.223. The molecule has 2 fully saturated rings. The Bertz CT molecular complexity index is 281. The van der Waals surface area contributed by atoms with Crippen LogP contribution in [0.3, 0.4) is 0 Å². The summed E-state index contributed by atoms with van der Waals surface area (Å²) in [7, 11) is 2.32. The van der Waals surface area contributed by atoms with Gasteiger partial charge in [0.15, 0.2) is 0 Å². The number of likely N-dealkylation sites (tertiary alicyclic amines) is 1. The molecule has 3 unspecified atom stereocenters. The molecule has 112 valence electrons. The minimum Gasteiger partial charge on any atom is -0.329 e. The average molecular weight is 267 g/mol. The Balaban J connectivity index is 1.98. The van der Waals surface area contributed by atoms with Gasteiger partial charge in [0.25, 0.3) is 0 Å². The van der Waals surface area contributed by atoms with E-state index >= 15 is 0 Å². The highest BCUT2D eigenvalue weighted by Crippen LogP contribution is 2.32. The quantitative estimate of drug-likeness (QED) is 0.750. The fourth-order valence-electron chi connectivity index (χ4n) is 3.94. The maximum absolute atomic E-state index is 6.15. The maximum Gasteiger partial charge on any atom is 0.0304 e. The van der Waals surface area contributed by atoms with Gasteiger partial charge in [0.1, 0.15) is 0 Å². The number of likely N-dealkylation sites (N-methyl/N-ethyl adjacent to an activating group) is 1. The van der Waals surface area contributed by atoms with Crippen molar-refractivity contribution in [3.8, 4) is 0 Å². The van der Waals surface area contributed by atoms with Crippen LogP contribution in [-0.4, -0.2) is 54.1 Å². The van der Waals surface area contributed by atoms with Gasteiger partial charge in [-0.15, -0.1) is 0 Å². The van der Waals surface area contributed by atoms with Crippen molar-refractivity contribution < 1.29 is 0 Å². The van der Waals surface area contributed by atoms with Gasteiger partial charge in [-0.05, 0) is 39.7 Å². The monoisotopic (exact) mass is 267 g/mol. The van der Waals surface area contributed by atoms with Crippen LogP contribution >= 0.6 is 0 Å². The number of hydrogen-bond acceptors (Lipinski definition) is 3. The molecule has 3 heteroatoms. The number of fused-ring (bicyclic) bond motifs is 2. The molecule has 2 rings (SSSR count). The number of rotatable bonds is 6. The summed E-state index contributed by atoms with van der Waals surface area (Å²) in [6, 6.07) is 1.59. The number of unbranched alkanes of at least 4 members (excludes halogenated alkanes) is 2. The van der Waals surface area contributed by atoms with Gasteiger partial charge in [0, 0.05) is 37.3 Å². The fraction of sp³-hybridized carbons (Fsp3) is 1.00. The Hall–Kier alpha value is -0.120. The van der Waals surface area contributed by atoms with Crippen molar-refractivity contribution in [2.45, 2.75) is 76.4 Å². The van der Waals surface area contributed by atoms with E-state index in [9.17, 15) is 0 Å². The van der Waals surface area contributed by atoms with Gasteiger partial charge in [0.2, 0.25) is 0 Å². The summed E-state index contributed by atoms with van der Waals surface area (Å²) in [4.78, 5) is 5.34. The summed E-state index contributed by atoms with van der Waals surface area (Å²) in [5.41, 5.74) is 6.37. The first-order valence-corrected chi connectivity index (χ1v) is 8.28. The number of nitrogens with two attached hydrogens (primary N) is 1. The predicted molar refractivity (Wildman–Crippen MR) is 82.4 cm³/mol. The molecule has 2 aliphatic rings. The van der Waals surface area contributed by atoms with E-state index < -0.39 is 0 Å². The van der Waals surface area contributed by atoms with Gasteiger partial charge in [-0.3, -0.25) is 9.80 Å². The van der Waals surface area contributed by atoms with Crippen LogP contribution in [0.5, 0.6) is 0 Å². The third kappa shape index (κ3) is 3.32. The Kier molecular flexibility index (Phi) is 5.27. The molecule has 2 saturated heterocycles. The molecule has 0 aliphatic carbocycles. The lowest BCUT2D eigenvalue weighted by atomic mass is 9.90.